The van der Waals surface area contributed by atoms with Gasteiger partial charge in [-0.15, -0.1) is 0 Å². The lowest BCUT2D eigenvalue weighted by Crippen LogP contribution is -2.42. The number of carbonyl (C=O) groups is 2. The van der Waals surface area contributed by atoms with Crippen LogP contribution < -0.4 is 5.32 Å². The Morgan fingerprint density at radius 1 is 1.30 bits per heavy atom. The molecule has 2 amide bonds. The van der Waals surface area contributed by atoms with Crippen molar-refractivity contribution in [1.82, 2.24) is 15.1 Å². The molecule has 20 heavy (non-hydrogen) atoms. The van der Waals surface area contributed by atoms with Crippen LogP contribution in [0.4, 0.5) is 0 Å². The zero-order valence-corrected chi connectivity index (χ0v) is 13.4. The summed E-state index contributed by atoms with van der Waals surface area (Å²) in [5, 5.41) is 6.84. The molecule has 1 aromatic rings. The number of hydrogen-bond acceptors (Lipinski definition) is 4. The van der Waals surface area contributed by atoms with E-state index in [0.29, 0.717) is 6.54 Å². The second kappa shape index (κ2) is 8.01. The Kier molecular flexibility index (Phi) is 6.67. The number of hydrogen-bond donors (Lipinski definition) is 1. The van der Waals surface area contributed by atoms with Crippen LogP contribution in [0.25, 0.3) is 0 Å². The second-order valence-corrected chi connectivity index (χ2v) is 6.06. The summed E-state index contributed by atoms with van der Waals surface area (Å²) in [7, 11) is 3.55. The van der Waals surface area contributed by atoms with Gasteiger partial charge in [-0.3, -0.25) is 14.5 Å². The summed E-state index contributed by atoms with van der Waals surface area (Å²) in [6.45, 7) is 4.91. The van der Waals surface area contributed by atoms with Crippen LogP contribution in [0.5, 0.6) is 0 Å². The zero-order chi connectivity index (χ0) is 15.1. The van der Waals surface area contributed by atoms with Crippen molar-refractivity contribution >= 4 is 23.2 Å². The van der Waals surface area contributed by atoms with Crippen molar-refractivity contribution in [3.05, 3.63) is 22.4 Å². The maximum Gasteiger partial charge on any atom is 0.236 e. The first-order chi connectivity index (χ1) is 9.38. The molecule has 0 aliphatic heterocycles. The van der Waals surface area contributed by atoms with E-state index in [9.17, 15) is 9.59 Å². The lowest BCUT2D eigenvalue weighted by atomic mass is 10.3. The number of likely N-dealkylation sites (N-methyl/N-ethyl adjacent to an activating group) is 2. The van der Waals surface area contributed by atoms with Crippen molar-refractivity contribution in [2.75, 3.05) is 27.2 Å². The summed E-state index contributed by atoms with van der Waals surface area (Å²) in [6, 6.07) is 2.13. The van der Waals surface area contributed by atoms with Gasteiger partial charge in [0.2, 0.25) is 11.8 Å². The molecule has 0 unspecified atom stereocenters. The third kappa shape index (κ3) is 6.16. The fourth-order valence-electron chi connectivity index (χ4n) is 1.76. The number of amides is 2. The van der Waals surface area contributed by atoms with Crippen molar-refractivity contribution in [3.8, 4) is 0 Å². The Morgan fingerprint density at radius 2 is 2.00 bits per heavy atom. The molecule has 0 radical (unpaired) electrons. The molecule has 1 rings (SSSR count). The van der Waals surface area contributed by atoms with E-state index >= 15 is 0 Å². The molecule has 0 saturated carbocycles. The van der Waals surface area contributed by atoms with E-state index in [1.807, 2.05) is 30.7 Å². The van der Waals surface area contributed by atoms with E-state index in [1.165, 1.54) is 0 Å². The predicted octanol–water partition coefficient (Wildman–Crippen LogP) is 1.16. The van der Waals surface area contributed by atoms with Crippen molar-refractivity contribution in [2.45, 2.75) is 26.4 Å². The van der Waals surface area contributed by atoms with E-state index in [-0.39, 0.29) is 30.9 Å². The van der Waals surface area contributed by atoms with E-state index < -0.39 is 0 Å². The predicted molar refractivity (Wildman–Crippen MR) is 81.6 cm³/mol. The van der Waals surface area contributed by atoms with Crippen LogP contribution in [0.15, 0.2) is 16.8 Å². The highest BCUT2D eigenvalue weighted by Gasteiger charge is 2.14. The van der Waals surface area contributed by atoms with Crippen LogP contribution in [0.3, 0.4) is 0 Å². The monoisotopic (exact) mass is 297 g/mol. The number of nitrogens with one attached hydrogen (secondary N) is 1. The molecule has 5 nitrogen and oxygen atoms in total. The number of carbonyl (C=O) groups excluding carboxylic acids is 2. The molecular weight excluding hydrogens is 274 g/mol. The summed E-state index contributed by atoms with van der Waals surface area (Å²) in [5.41, 5.74) is 1.13. The van der Waals surface area contributed by atoms with Crippen LogP contribution >= 0.6 is 11.3 Å². The molecule has 0 aromatic carbocycles. The lowest BCUT2D eigenvalue weighted by molar-refractivity contribution is -0.132. The van der Waals surface area contributed by atoms with Crippen LogP contribution in [0.1, 0.15) is 19.4 Å². The van der Waals surface area contributed by atoms with Gasteiger partial charge in [0.25, 0.3) is 0 Å². The van der Waals surface area contributed by atoms with E-state index in [4.69, 9.17) is 0 Å². The summed E-state index contributed by atoms with van der Waals surface area (Å²) in [6.07, 6.45) is 0. The van der Waals surface area contributed by atoms with Gasteiger partial charge >= 0.3 is 0 Å². The SMILES string of the molecule is CC(C)NC(=O)CN(C)CC(=O)N(C)Cc1ccsc1. The topological polar surface area (TPSA) is 52.7 Å². The lowest BCUT2D eigenvalue weighted by Gasteiger charge is -2.21. The standard InChI is InChI=1S/C14H23N3O2S/c1-11(2)15-13(18)8-16(3)9-14(19)17(4)7-12-5-6-20-10-12/h5-6,10-11H,7-9H2,1-4H3,(H,15,18). The van der Waals surface area contributed by atoms with Crippen LogP contribution in [-0.2, 0) is 16.1 Å². The number of nitrogens with zero attached hydrogens (tertiary/aromatic N) is 2. The third-order valence-electron chi connectivity index (χ3n) is 2.69. The maximum atomic E-state index is 12.0. The van der Waals surface area contributed by atoms with Crippen molar-refractivity contribution in [2.24, 2.45) is 0 Å². The summed E-state index contributed by atoms with van der Waals surface area (Å²) in [5.74, 6) is -0.0492. The van der Waals surface area contributed by atoms with Gasteiger partial charge in [0.05, 0.1) is 13.1 Å². The molecular formula is C14H23N3O2S. The molecule has 0 aliphatic carbocycles. The molecule has 0 saturated heterocycles. The Labute approximate surface area is 124 Å². The quantitative estimate of drug-likeness (QED) is 0.822. The Balaban J connectivity index is 2.35. The third-order valence-corrected chi connectivity index (χ3v) is 3.43. The van der Waals surface area contributed by atoms with Gasteiger partial charge in [-0.05, 0) is 43.3 Å². The average molecular weight is 297 g/mol. The zero-order valence-electron chi connectivity index (χ0n) is 12.5. The molecule has 112 valence electrons. The average Bonchev–Trinajstić information content (AvgIpc) is 2.79. The first kappa shape index (κ1) is 16.7. The highest BCUT2D eigenvalue weighted by atomic mass is 32.1. The van der Waals surface area contributed by atoms with Crippen LogP contribution in [-0.4, -0.2) is 54.8 Å². The van der Waals surface area contributed by atoms with Gasteiger partial charge < -0.3 is 10.2 Å². The Hall–Kier alpha value is -1.40. The van der Waals surface area contributed by atoms with Gasteiger partial charge in [0.1, 0.15) is 0 Å². The summed E-state index contributed by atoms with van der Waals surface area (Å²) in [4.78, 5) is 27.0. The summed E-state index contributed by atoms with van der Waals surface area (Å²) >= 11 is 1.62. The minimum absolute atomic E-state index is 0.0102. The van der Waals surface area contributed by atoms with Crippen LogP contribution in [0.2, 0.25) is 0 Å². The molecule has 0 aliphatic rings. The van der Waals surface area contributed by atoms with Gasteiger partial charge in [-0.2, -0.15) is 11.3 Å². The number of thiophene rings is 1. The molecule has 0 fully saturated rings. The van der Waals surface area contributed by atoms with E-state index in [0.717, 1.165) is 5.56 Å². The van der Waals surface area contributed by atoms with Crippen molar-refractivity contribution < 1.29 is 9.59 Å². The first-order valence-corrected chi connectivity index (χ1v) is 7.55. The van der Waals surface area contributed by atoms with Gasteiger partial charge in [0.15, 0.2) is 0 Å². The minimum Gasteiger partial charge on any atom is -0.353 e. The largest absolute Gasteiger partial charge is 0.353 e. The molecule has 6 heteroatoms. The van der Waals surface area contributed by atoms with Gasteiger partial charge in [-0.25, -0.2) is 0 Å². The Morgan fingerprint density at radius 3 is 2.55 bits per heavy atom. The molecule has 1 heterocycles. The smallest absolute Gasteiger partial charge is 0.236 e. The summed E-state index contributed by atoms with van der Waals surface area (Å²) < 4.78 is 0. The molecule has 0 bridgehead atoms. The molecule has 0 spiro atoms. The molecule has 1 aromatic heterocycles. The highest BCUT2D eigenvalue weighted by molar-refractivity contribution is 7.07. The van der Waals surface area contributed by atoms with Crippen LogP contribution in [0, 0.1) is 0 Å². The fourth-order valence-corrected chi connectivity index (χ4v) is 2.42. The van der Waals surface area contributed by atoms with Gasteiger partial charge in [-0.1, -0.05) is 0 Å². The van der Waals surface area contributed by atoms with Crippen molar-refractivity contribution in [1.29, 1.82) is 0 Å². The first-order valence-electron chi connectivity index (χ1n) is 6.61. The van der Waals surface area contributed by atoms with Crippen molar-refractivity contribution in [3.63, 3.8) is 0 Å². The molecule has 1 N–H and O–H groups in total. The highest BCUT2D eigenvalue weighted by Crippen LogP contribution is 2.08. The fraction of sp³-hybridized carbons (Fsp3) is 0.571. The normalized spacial score (nSPS) is 10.9. The van der Waals surface area contributed by atoms with Gasteiger partial charge in [0, 0.05) is 19.6 Å². The van der Waals surface area contributed by atoms with E-state index in [2.05, 4.69) is 5.32 Å². The maximum absolute atomic E-state index is 12.0. The van der Waals surface area contributed by atoms with E-state index in [1.54, 1.807) is 35.2 Å². The molecule has 0 atom stereocenters. The second-order valence-electron chi connectivity index (χ2n) is 5.28. The Bertz CT molecular complexity index is 432. The number of rotatable bonds is 7. The minimum atomic E-state index is -0.0595.